The van der Waals surface area contributed by atoms with E-state index in [9.17, 15) is 5.26 Å². The fourth-order valence-corrected chi connectivity index (χ4v) is 3.67. The van der Waals surface area contributed by atoms with Crippen LogP contribution in [0, 0.1) is 17.2 Å². The molecule has 7 heteroatoms. The van der Waals surface area contributed by atoms with Gasteiger partial charge >= 0.3 is 0 Å². The number of nitrogens with two attached hydrogens (primary N) is 1. The van der Waals surface area contributed by atoms with Gasteiger partial charge in [-0.1, -0.05) is 6.92 Å². The van der Waals surface area contributed by atoms with E-state index in [1.54, 1.807) is 17.1 Å². The highest BCUT2D eigenvalue weighted by Crippen LogP contribution is 2.32. The van der Waals surface area contributed by atoms with Crippen molar-refractivity contribution in [3.63, 3.8) is 0 Å². The van der Waals surface area contributed by atoms with Crippen LogP contribution in [0.3, 0.4) is 0 Å². The Hall–Kier alpha value is -3.66. The minimum absolute atomic E-state index is 0.329. The molecule has 0 radical (unpaired) electrons. The molecule has 1 atom stereocenters. The fraction of sp³-hybridized carbons (Fsp3) is 0.273. The summed E-state index contributed by atoms with van der Waals surface area (Å²) in [7, 11) is 1.87. The summed E-state index contributed by atoms with van der Waals surface area (Å²) < 4.78 is 1.75. The van der Waals surface area contributed by atoms with Gasteiger partial charge in [-0.2, -0.15) is 10.4 Å². The first-order valence-electron chi connectivity index (χ1n) is 9.62. The van der Waals surface area contributed by atoms with Gasteiger partial charge in [-0.25, -0.2) is 4.98 Å². The zero-order valence-electron chi connectivity index (χ0n) is 16.6. The molecule has 4 heterocycles. The van der Waals surface area contributed by atoms with Crippen LogP contribution in [-0.2, 0) is 7.05 Å². The maximum atomic E-state index is 9.48. The molecule has 1 aliphatic heterocycles. The Balaban J connectivity index is 1.76. The van der Waals surface area contributed by atoms with Gasteiger partial charge in [0.1, 0.15) is 11.9 Å². The van der Waals surface area contributed by atoms with Crippen LogP contribution < -0.4 is 10.6 Å². The lowest BCUT2D eigenvalue weighted by Gasteiger charge is -2.17. The minimum Gasteiger partial charge on any atom is -0.403 e. The fourth-order valence-electron chi connectivity index (χ4n) is 3.67. The Bertz CT molecular complexity index is 1090. The molecule has 1 unspecified atom stereocenters. The lowest BCUT2D eigenvalue weighted by Crippen LogP contribution is -2.20. The Morgan fingerprint density at radius 1 is 1.21 bits per heavy atom. The van der Waals surface area contributed by atoms with Crippen molar-refractivity contribution in [2.45, 2.75) is 13.3 Å². The summed E-state index contributed by atoms with van der Waals surface area (Å²) in [6.07, 6.45) is 9.79. The second-order valence-corrected chi connectivity index (χ2v) is 7.46. The van der Waals surface area contributed by atoms with Crippen molar-refractivity contribution in [1.82, 2.24) is 19.7 Å². The molecule has 29 heavy (non-hydrogen) atoms. The molecule has 146 valence electrons. The maximum absolute atomic E-state index is 9.48. The van der Waals surface area contributed by atoms with E-state index in [-0.39, 0.29) is 0 Å². The number of nitrogens with zero attached hydrogens (tertiary/aromatic N) is 6. The van der Waals surface area contributed by atoms with Crippen molar-refractivity contribution in [3.8, 4) is 28.3 Å². The number of aryl methyl sites for hydroxylation is 1. The largest absolute Gasteiger partial charge is 0.403 e. The topological polar surface area (TPSA) is 96.7 Å². The van der Waals surface area contributed by atoms with Crippen molar-refractivity contribution >= 4 is 11.4 Å². The van der Waals surface area contributed by atoms with E-state index in [0.29, 0.717) is 17.2 Å². The summed E-state index contributed by atoms with van der Waals surface area (Å²) >= 11 is 0. The first kappa shape index (κ1) is 18.7. The van der Waals surface area contributed by atoms with Crippen LogP contribution in [0.1, 0.15) is 19.0 Å². The molecule has 1 saturated heterocycles. The van der Waals surface area contributed by atoms with E-state index in [0.717, 1.165) is 41.2 Å². The van der Waals surface area contributed by atoms with Crippen molar-refractivity contribution in [1.29, 1.82) is 5.26 Å². The third kappa shape index (κ3) is 3.69. The third-order valence-corrected chi connectivity index (χ3v) is 5.27. The van der Waals surface area contributed by atoms with Crippen LogP contribution in [0.15, 0.2) is 49.2 Å². The second-order valence-electron chi connectivity index (χ2n) is 7.46. The number of nitriles is 1. The van der Waals surface area contributed by atoms with E-state index in [1.165, 1.54) is 12.6 Å². The van der Waals surface area contributed by atoms with Gasteiger partial charge in [0, 0.05) is 67.2 Å². The summed E-state index contributed by atoms with van der Waals surface area (Å²) in [6.45, 7) is 4.33. The predicted octanol–water partition coefficient (Wildman–Crippen LogP) is 3.21. The summed E-state index contributed by atoms with van der Waals surface area (Å²) in [5.41, 5.74) is 10.1. The molecule has 0 bridgehead atoms. The van der Waals surface area contributed by atoms with E-state index < -0.39 is 0 Å². The summed E-state index contributed by atoms with van der Waals surface area (Å²) in [6, 6.07) is 8.21. The molecule has 1 fully saturated rings. The van der Waals surface area contributed by atoms with Crippen LogP contribution in [-0.4, -0.2) is 32.8 Å². The van der Waals surface area contributed by atoms with Crippen LogP contribution >= 0.6 is 0 Å². The Kier molecular flexibility index (Phi) is 5.00. The highest BCUT2D eigenvalue weighted by atomic mass is 15.2. The first-order chi connectivity index (χ1) is 14.1. The number of aromatic nitrogens is 4. The molecule has 1 aliphatic rings. The summed E-state index contributed by atoms with van der Waals surface area (Å²) in [4.78, 5) is 11.5. The van der Waals surface area contributed by atoms with Gasteiger partial charge in [0.2, 0.25) is 0 Å². The standard InChI is InChI=1S/C22H23N7/c1-15-5-6-29(13-15)21-4-3-16(10-25-21)20-7-17(19-12-27-28(2)14-19)11-26-22(20)18(8-23)9-24/h3-4,7-8,10-12,14-15H,5-6,13,23H2,1-2H3. The van der Waals surface area contributed by atoms with Gasteiger partial charge in [0.15, 0.2) is 0 Å². The average Bonchev–Trinajstić information content (AvgIpc) is 3.38. The van der Waals surface area contributed by atoms with Crippen LogP contribution in [0.25, 0.3) is 27.8 Å². The lowest BCUT2D eigenvalue weighted by molar-refractivity contribution is 0.659. The van der Waals surface area contributed by atoms with Gasteiger partial charge < -0.3 is 10.6 Å². The number of hydrogen-bond acceptors (Lipinski definition) is 6. The zero-order valence-corrected chi connectivity index (χ0v) is 16.6. The van der Waals surface area contributed by atoms with Crippen molar-refractivity contribution in [3.05, 3.63) is 54.9 Å². The molecule has 7 nitrogen and oxygen atoms in total. The molecule has 0 aromatic carbocycles. The molecule has 0 aliphatic carbocycles. The van der Waals surface area contributed by atoms with E-state index in [1.807, 2.05) is 37.6 Å². The third-order valence-electron chi connectivity index (χ3n) is 5.27. The highest BCUT2D eigenvalue weighted by Gasteiger charge is 2.20. The number of hydrogen-bond donors (Lipinski definition) is 1. The molecule has 3 aromatic heterocycles. The van der Waals surface area contributed by atoms with Crippen LogP contribution in [0.5, 0.6) is 0 Å². The van der Waals surface area contributed by atoms with Gasteiger partial charge in [-0.3, -0.25) is 9.67 Å². The van der Waals surface area contributed by atoms with Crippen molar-refractivity contribution in [2.24, 2.45) is 18.7 Å². The number of pyridine rings is 2. The van der Waals surface area contributed by atoms with E-state index in [4.69, 9.17) is 5.73 Å². The van der Waals surface area contributed by atoms with Gasteiger partial charge in [0.25, 0.3) is 0 Å². The number of anilines is 1. The number of rotatable bonds is 4. The normalized spacial score (nSPS) is 16.8. The van der Waals surface area contributed by atoms with Gasteiger partial charge in [-0.05, 0) is 30.5 Å². The van der Waals surface area contributed by atoms with Gasteiger partial charge in [0.05, 0.1) is 17.5 Å². The Morgan fingerprint density at radius 2 is 2.03 bits per heavy atom. The Labute approximate surface area is 170 Å². The van der Waals surface area contributed by atoms with Crippen LogP contribution in [0.2, 0.25) is 0 Å². The van der Waals surface area contributed by atoms with E-state index in [2.05, 4.69) is 33.0 Å². The summed E-state index contributed by atoms with van der Waals surface area (Å²) in [5, 5.41) is 13.7. The van der Waals surface area contributed by atoms with E-state index >= 15 is 0 Å². The molecule has 0 spiro atoms. The molecular weight excluding hydrogens is 362 g/mol. The molecule has 4 rings (SSSR count). The zero-order chi connectivity index (χ0) is 20.4. The molecule has 3 aromatic rings. The molecule has 2 N–H and O–H groups in total. The first-order valence-corrected chi connectivity index (χ1v) is 9.62. The quantitative estimate of drug-likeness (QED) is 0.693. The Morgan fingerprint density at radius 3 is 2.62 bits per heavy atom. The van der Waals surface area contributed by atoms with Crippen LogP contribution in [0.4, 0.5) is 5.82 Å². The second kappa shape index (κ2) is 7.76. The number of allylic oxidation sites excluding steroid dienone is 1. The maximum Gasteiger partial charge on any atom is 0.128 e. The molecular formula is C22H23N7. The predicted molar refractivity (Wildman–Crippen MR) is 113 cm³/mol. The summed E-state index contributed by atoms with van der Waals surface area (Å²) in [5.74, 6) is 1.67. The van der Waals surface area contributed by atoms with Crippen molar-refractivity contribution in [2.75, 3.05) is 18.0 Å². The average molecular weight is 385 g/mol. The molecule has 0 amide bonds. The monoisotopic (exact) mass is 385 g/mol. The lowest BCUT2D eigenvalue weighted by atomic mass is 9.98. The highest BCUT2D eigenvalue weighted by molar-refractivity contribution is 5.86. The smallest absolute Gasteiger partial charge is 0.128 e. The molecule has 0 saturated carbocycles. The van der Waals surface area contributed by atoms with Gasteiger partial charge in [-0.15, -0.1) is 0 Å². The SMILES string of the molecule is CC1CCN(c2ccc(-c3cc(-c4cnn(C)c4)cnc3C(C#N)=CN)cn2)C1. The van der Waals surface area contributed by atoms with Crippen molar-refractivity contribution < 1.29 is 0 Å². The minimum atomic E-state index is 0.329.